The number of aryl methyl sites for hydroxylation is 1. The van der Waals surface area contributed by atoms with Gasteiger partial charge in [0, 0.05) is 15.1 Å². The fourth-order valence-corrected chi connectivity index (χ4v) is 4.03. The third-order valence-corrected chi connectivity index (χ3v) is 6.27. The molecule has 34 heavy (non-hydrogen) atoms. The first-order chi connectivity index (χ1) is 16.2. The third-order valence-electron chi connectivity index (χ3n) is 5.37. The number of urea groups is 1. The van der Waals surface area contributed by atoms with E-state index in [1.54, 1.807) is 43.3 Å². The molecule has 0 aliphatic carbocycles. The lowest BCUT2D eigenvalue weighted by molar-refractivity contribution is -0.122. The molecule has 1 heterocycles. The van der Waals surface area contributed by atoms with E-state index in [4.69, 9.17) is 16.3 Å². The molecule has 0 atom stereocenters. The molecule has 0 bridgehead atoms. The van der Waals surface area contributed by atoms with Crippen LogP contribution < -0.4 is 15.0 Å². The lowest BCUT2D eigenvalue weighted by Crippen LogP contribution is -2.54. The topological polar surface area (TPSA) is 75.7 Å². The molecule has 1 aliphatic heterocycles. The fourth-order valence-electron chi connectivity index (χ4n) is 3.48. The van der Waals surface area contributed by atoms with E-state index in [0.717, 1.165) is 20.5 Å². The van der Waals surface area contributed by atoms with Gasteiger partial charge in [-0.1, -0.05) is 63.4 Å². The number of nitrogens with zero attached hydrogens (tertiary/aromatic N) is 1. The molecule has 0 unspecified atom stereocenters. The average Bonchev–Trinajstić information content (AvgIpc) is 2.80. The van der Waals surface area contributed by atoms with Crippen molar-refractivity contribution in [2.45, 2.75) is 20.5 Å². The Labute approximate surface area is 210 Å². The number of imide groups is 2. The van der Waals surface area contributed by atoms with Crippen molar-refractivity contribution < 1.29 is 19.1 Å². The molecule has 0 aromatic heterocycles. The SMILES string of the molecule is Cc1ccc(COc2ccc(Br)cc2/C=C2\C(=O)NC(=O)N(c3cccc(Cl)c3C)C2=O)cc1. The Hall–Kier alpha value is -3.42. The van der Waals surface area contributed by atoms with Gasteiger partial charge in [0.1, 0.15) is 17.9 Å². The van der Waals surface area contributed by atoms with E-state index >= 15 is 0 Å². The van der Waals surface area contributed by atoms with Crippen LogP contribution in [-0.4, -0.2) is 17.8 Å². The van der Waals surface area contributed by atoms with Crippen molar-refractivity contribution in [3.8, 4) is 5.75 Å². The van der Waals surface area contributed by atoms with Gasteiger partial charge < -0.3 is 4.74 Å². The molecule has 0 saturated carbocycles. The maximum atomic E-state index is 13.3. The van der Waals surface area contributed by atoms with Crippen molar-refractivity contribution in [1.82, 2.24) is 5.32 Å². The number of carbonyl (C=O) groups is 3. The molecule has 4 rings (SSSR count). The van der Waals surface area contributed by atoms with Gasteiger partial charge >= 0.3 is 6.03 Å². The van der Waals surface area contributed by atoms with E-state index in [1.165, 1.54) is 6.08 Å². The summed E-state index contributed by atoms with van der Waals surface area (Å²) in [7, 11) is 0. The molecule has 3 aromatic carbocycles. The van der Waals surface area contributed by atoms with E-state index in [0.29, 0.717) is 34.2 Å². The summed E-state index contributed by atoms with van der Waals surface area (Å²) in [6.45, 7) is 4.02. The molecule has 4 amide bonds. The van der Waals surface area contributed by atoms with Gasteiger partial charge in [0.15, 0.2) is 0 Å². The first-order valence-corrected chi connectivity index (χ1v) is 11.6. The number of hydrogen-bond donors (Lipinski definition) is 1. The van der Waals surface area contributed by atoms with Gasteiger partial charge in [0.25, 0.3) is 11.8 Å². The highest BCUT2D eigenvalue weighted by atomic mass is 79.9. The lowest BCUT2D eigenvalue weighted by Gasteiger charge is -2.27. The highest BCUT2D eigenvalue weighted by Gasteiger charge is 2.37. The number of hydrogen-bond acceptors (Lipinski definition) is 4. The maximum Gasteiger partial charge on any atom is 0.335 e. The highest BCUT2D eigenvalue weighted by molar-refractivity contribution is 9.10. The van der Waals surface area contributed by atoms with E-state index in [1.807, 2.05) is 31.2 Å². The monoisotopic (exact) mass is 538 g/mol. The second-order valence-electron chi connectivity index (χ2n) is 7.80. The van der Waals surface area contributed by atoms with Crippen LogP contribution in [0.4, 0.5) is 10.5 Å². The van der Waals surface area contributed by atoms with Crippen LogP contribution >= 0.6 is 27.5 Å². The quantitative estimate of drug-likeness (QED) is 0.320. The van der Waals surface area contributed by atoms with Crippen LogP contribution in [-0.2, 0) is 16.2 Å². The number of anilines is 1. The minimum Gasteiger partial charge on any atom is -0.488 e. The van der Waals surface area contributed by atoms with Gasteiger partial charge in [0.2, 0.25) is 0 Å². The third kappa shape index (κ3) is 4.90. The molecular weight excluding hydrogens is 520 g/mol. The van der Waals surface area contributed by atoms with Crippen molar-refractivity contribution in [3.05, 3.63) is 98.0 Å². The predicted octanol–water partition coefficient (Wildman–Crippen LogP) is 5.96. The van der Waals surface area contributed by atoms with Gasteiger partial charge in [-0.15, -0.1) is 0 Å². The van der Waals surface area contributed by atoms with Gasteiger partial charge in [-0.3, -0.25) is 14.9 Å². The summed E-state index contributed by atoms with van der Waals surface area (Å²) in [4.78, 5) is 39.4. The van der Waals surface area contributed by atoms with Crippen molar-refractivity contribution in [2.24, 2.45) is 0 Å². The summed E-state index contributed by atoms with van der Waals surface area (Å²) in [6.07, 6.45) is 1.42. The van der Waals surface area contributed by atoms with Crippen LogP contribution in [0.2, 0.25) is 5.02 Å². The van der Waals surface area contributed by atoms with Crippen LogP contribution in [0, 0.1) is 13.8 Å². The maximum absolute atomic E-state index is 13.3. The molecule has 6 nitrogen and oxygen atoms in total. The van der Waals surface area contributed by atoms with Crippen LogP contribution in [0.15, 0.2) is 70.7 Å². The lowest BCUT2D eigenvalue weighted by atomic mass is 10.0. The zero-order valence-electron chi connectivity index (χ0n) is 18.4. The standard InChI is InChI=1S/C26H20BrClN2O4/c1-15-6-8-17(9-7-15)14-34-23-11-10-19(27)12-18(23)13-20-24(31)29-26(33)30(25(20)32)22-5-3-4-21(28)16(22)2/h3-13H,14H2,1-2H3,(H,29,31,33)/b20-13+. The number of barbiturate groups is 1. The summed E-state index contributed by atoms with van der Waals surface area (Å²) in [5, 5.41) is 2.64. The Balaban J connectivity index is 1.69. The Kier molecular flexibility index (Phi) is 6.86. The number of carbonyl (C=O) groups excluding carboxylic acids is 3. The van der Waals surface area contributed by atoms with E-state index < -0.39 is 17.8 Å². The average molecular weight is 540 g/mol. The fraction of sp³-hybridized carbons (Fsp3) is 0.115. The molecule has 1 N–H and O–H groups in total. The summed E-state index contributed by atoms with van der Waals surface area (Å²) >= 11 is 9.60. The Morgan fingerprint density at radius 1 is 1.03 bits per heavy atom. The normalized spacial score (nSPS) is 15.0. The van der Waals surface area contributed by atoms with Crippen molar-refractivity contribution in [1.29, 1.82) is 0 Å². The number of halogens is 2. The Bertz CT molecular complexity index is 1340. The number of nitrogens with one attached hydrogen (secondary N) is 1. The van der Waals surface area contributed by atoms with Crippen molar-refractivity contribution in [3.63, 3.8) is 0 Å². The minimum absolute atomic E-state index is 0.197. The van der Waals surface area contributed by atoms with Crippen molar-refractivity contribution >= 4 is 57.1 Å². The van der Waals surface area contributed by atoms with Crippen molar-refractivity contribution in [2.75, 3.05) is 4.90 Å². The molecule has 1 saturated heterocycles. The van der Waals surface area contributed by atoms with Crippen LogP contribution in [0.25, 0.3) is 6.08 Å². The molecule has 1 fully saturated rings. The zero-order chi connectivity index (χ0) is 24.4. The Morgan fingerprint density at radius 3 is 2.50 bits per heavy atom. The van der Waals surface area contributed by atoms with Gasteiger partial charge in [-0.25, -0.2) is 9.69 Å². The van der Waals surface area contributed by atoms with Crippen LogP contribution in [0.1, 0.15) is 22.3 Å². The molecule has 0 radical (unpaired) electrons. The largest absolute Gasteiger partial charge is 0.488 e. The molecule has 1 aliphatic rings. The summed E-state index contributed by atoms with van der Waals surface area (Å²) < 4.78 is 6.73. The van der Waals surface area contributed by atoms with E-state index in [-0.39, 0.29) is 5.57 Å². The molecule has 3 aromatic rings. The van der Waals surface area contributed by atoms with Gasteiger partial charge in [0.05, 0.1) is 5.69 Å². The number of amides is 4. The summed E-state index contributed by atoms with van der Waals surface area (Å²) in [6, 6.07) is 17.3. The second kappa shape index (κ2) is 9.83. The van der Waals surface area contributed by atoms with E-state index in [9.17, 15) is 14.4 Å². The highest BCUT2D eigenvalue weighted by Crippen LogP contribution is 2.31. The zero-order valence-corrected chi connectivity index (χ0v) is 20.7. The predicted molar refractivity (Wildman–Crippen MR) is 135 cm³/mol. The molecular formula is C26H20BrClN2O4. The molecule has 172 valence electrons. The van der Waals surface area contributed by atoms with Gasteiger partial charge in [-0.2, -0.15) is 0 Å². The number of rotatable bonds is 5. The van der Waals surface area contributed by atoms with Crippen LogP contribution in [0.3, 0.4) is 0 Å². The second-order valence-corrected chi connectivity index (χ2v) is 9.12. The Morgan fingerprint density at radius 2 is 1.76 bits per heavy atom. The summed E-state index contributed by atoms with van der Waals surface area (Å²) in [5.41, 5.74) is 3.29. The molecule has 8 heteroatoms. The van der Waals surface area contributed by atoms with Crippen LogP contribution in [0.5, 0.6) is 5.75 Å². The van der Waals surface area contributed by atoms with Gasteiger partial charge in [-0.05, 0) is 61.4 Å². The minimum atomic E-state index is -0.831. The summed E-state index contributed by atoms with van der Waals surface area (Å²) in [5.74, 6) is -1.04. The number of ether oxygens (including phenoxy) is 1. The first kappa shape index (κ1) is 23.7. The smallest absolute Gasteiger partial charge is 0.335 e. The number of benzene rings is 3. The molecule has 0 spiro atoms. The first-order valence-electron chi connectivity index (χ1n) is 10.4. The van der Waals surface area contributed by atoms with E-state index in [2.05, 4.69) is 21.2 Å².